The number of aromatic nitrogens is 1. The summed E-state index contributed by atoms with van der Waals surface area (Å²) in [5, 5.41) is 3.89. The van der Waals surface area contributed by atoms with E-state index in [1.54, 1.807) is 7.11 Å². The minimum absolute atomic E-state index is 0.00550. The molecule has 24 heavy (non-hydrogen) atoms. The maximum absolute atomic E-state index is 12.6. The zero-order chi connectivity index (χ0) is 17.1. The molecule has 1 N–H and O–H groups in total. The molecule has 1 aliphatic heterocycles. The van der Waals surface area contributed by atoms with Crippen LogP contribution < -0.4 is 10.1 Å². The Labute approximate surface area is 146 Å². The van der Waals surface area contributed by atoms with Gasteiger partial charge in [-0.1, -0.05) is 0 Å². The number of rotatable bonds is 5. The summed E-state index contributed by atoms with van der Waals surface area (Å²) in [4.78, 5) is 17.8. The van der Waals surface area contributed by atoms with Crippen molar-refractivity contribution in [2.45, 2.75) is 38.8 Å². The van der Waals surface area contributed by atoms with E-state index in [0.29, 0.717) is 4.88 Å². The number of hydrogen-bond acceptors (Lipinski definition) is 5. The van der Waals surface area contributed by atoms with Gasteiger partial charge >= 0.3 is 0 Å². The second kappa shape index (κ2) is 7.32. The Kier molecular flexibility index (Phi) is 5.16. The molecule has 1 amide bonds. The Bertz CT molecular complexity index is 706. The fourth-order valence-electron chi connectivity index (χ4n) is 2.83. The number of carbonyl (C=O) groups excluding carboxylic acids is 1. The minimum Gasteiger partial charge on any atom is -0.497 e. The van der Waals surface area contributed by atoms with Gasteiger partial charge in [0.1, 0.15) is 15.6 Å². The van der Waals surface area contributed by atoms with E-state index >= 15 is 0 Å². The lowest BCUT2D eigenvalue weighted by Gasteiger charge is -2.19. The van der Waals surface area contributed by atoms with Gasteiger partial charge in [-0.15, -0.1) is 11.3 Å². The molecule has 2 atom stereocenters. The van der Waals surface area contributed by atoms with Gasteiger partial charge in [-0.05, 0) is 51.0 Å². The third-order valence-corrected chi connectivity index (χ3v) is 5.43. The number of methoxy groups -OCH3 is 1. The molecule has 5 nitrogen and oxygen atoms in total. The molecule has 1 aliphatic rings. The summed E-state index contributed by atoms with van der Waals surface area (Å²) in [6, 6.07) is 7.70. The van der Waals surface area contributed by atoms with Crippen LogP contribution in [0.15, 0.2) is 24.3 Å². The van der Waals surface area contributed by atoms with Crippen LogP contribution in [-0.4, -0.2) is 36.8 Å². The lowest BCUT2D eigenvalue weighted by Crippen LogP contribution is -2.40. The van der Waals surface area contributed by atoms with Crippen molar-refractivity contribution in [2.75, 3.05) is 13.7 Å². The second-order valence-electron chi connectivity index (χ2n) is 5.98. The van der Waals surface area contributed by atoms with Crippen LogP contribution in [0.4, 0.5) is 0 Å². The number of aryl methyl sites for hydroxylation is 1. The van der Waals surface area contributed by atoms with Gasteiger partial charge < -0.3 is 14.8 Å². The van der Waals surface area contributed by atoms with Gasteiger partial charge in [-0.3, -0.25) is 4.79 Å². The number of thiazole rings is 1. The van der Waals surface area contributed by atoms with Gasteiger partial charge in [0, 0.05) is 12.2 Å². The maximum Gasteiger partial charge on any atom is 0.263 e. The molecule has 3 rings (SSSR count). The van der Waals surface area contributed by atoms with Crippen molar-refractivity contribution in [1.29, 1.82) is 0 Å². The Morgan fingerprint density at radius 1 is 1.42 bits per heavy atom. The molecule has 2 aromatic rings. The molecule has 0 aliphatic carbocycles. The first-order valence-corrected chi connectivity index (χ1v) is 8.94. The van der Waals surface area contributed by atoms with Crippen molar-refractivity contribution in [3.05, 3.63) is 34.8 Å². The third kappa shape index (κ3) is 3.60. The van der Waals surface area contributed by atoms with Crippen molar-refractivity contribution in [3.63, 3.8) is 0 Å². The first-order valence-electron chi connectivity index (χ1n) is 8.13. The molecule has 0 saturated carbocycles. The number of hydrogen-bond donors (Lipinski definition) is 1. The smallest absolute Gasteiger partial charge is 0.263 e. The zero-order valence-electron chi connectivity index (χ0n) is 14.2. The largest absolute Gasteiger partial charge is 0.497 e. The Hall–Kier alpha value is -1.92. The number of carbonyl (C=O) groups is 1. The van der Waals surface area contributed by atoms with Crippen molar-refractivity contribution in [2.24, 2.45) is 0 Å². The molecule has 6 heteroatoms. The first kappa shape index (κ1) is 16.9. The van der Waals surface area contributed by atoms with E-state index in [4.69, 9.17) is 9.47 Å². The molecule has 1 aromatic carbocycles. The predicted octanol–water partition coefficient (Wildman–Crippen LogP) is 3.42. The van der Waals surface area contributed by atoms with Crippen LogP contribution in [0.3, 0.4) is 0 Å². The van der Waals surface area contributed by atoms with Gasteiger partial charge in [0.05, 0.1) is 24.9 Å². The monoisotopic (exact) mass is 346 g/mol. The maximum atomic E-state index is 12.6. The van der Waals surface area contributed by atoms with Crippen molar-refractivity contribution in [3.8, 4) is 16.3 Å². The number of benzene rings is 1. The van der Waals surface area contributed by atoms with E-state index in [1.807, 2.05) is 38.1 Å². The highest BCUT2D eigenvalue weighted by atomic mass is 32.1. The van der Waals surface area contributed by atoms with Crippen molar-refractivity contribution in [1.82, 2.24) is 10.3 Å². The summed E-state index contributed by atoms with van der Waals surface area (Å²) < 4.78 is 10.8. The third-order valence-electron chi connectivity index (χ3n) is 4.22. The quantitative estimate of drug-likeness (QED) is 0.901. The standard InChI is InChI=1S/C18H22N2O3S/c1-11(15-5-4-10-23-15)19-17(21)16-12(2)20-18(24-16)13-6-8-14(22-3)9-7-13/h6-9,11,15H,4-5,10H2,1-3H3,(H,19,21)/t11-,15-/m0/s1. The topological polar surface area (TPSA) is 60.5 Å². The van der Waals surface area contributed by atoms with E-state index in [9.17, 15) is 4.79 Å². The van der Waals surface area contributed by atoms with E-state index < -0.39 is 0 Å². The number of nitrogens with zero attached hydrogens (tertiary/aromatic N) is 1. The van der Waals surface area contributed by atoms with Gasteiger partial charge in [0.15, 0.2) is 0 Å². The number of ether oxygens (including phenoxy) is 2. The van der Waals surface area contributed by atoms with E-state index in [2.05, 4.69) is 10.3 Å². The number of nitrogens with one attached hydrogen (secondary N) is 1. The SMILES string of the molecule is COc1ccc(-c2nc(C)c(C(=O)N[C@@H](C)[C@@H]3CCCO3)s2)cc1. The highest BCUT2D eigenvalue weighted by Crippen LogP contribution is 2.29. The van der Waals surface area contributed by atoms with Gasteiger partial charge in [0.25, 0.3) is 5.91 Å². The lowest BCUT2D eigenvalue weighted by molar-refractivity contribution is 0.0714. The predicted molar refractivity (Wildman–Crippen MR) is 94.7 cm³/mol. The average Bonchev–Trinajstić information content (AvgIpc) is 3.24. The molecule has 0 unspecified atom stereocenters. The molecule has 1 saturated heterocycles. The molecule has 1 aromatic heterocycles. The van der Waals surface area contributed by atoms with Crippen LogP contribution in [0.5, 0.6) is 5.75 Å². The van der Waals surface area contributed by atoms with Crippen LogP contribution >= 0.6 is 11.3 Å². The van der Waals surface area contributed by atoms with Crippen LogP contribution in [0.25, 0.3) is 10.6 Å². The molecule has 2 heterocycles. The fourth-order valence-corrected chi connectivity index (χ4v) is 3.80. The van der Waals surface area contributed by atoms with Crippen molar-refractivity contribution >= 4 is 17.2 Å². The van der Waals surface area contributed by atoms with E-state index in [0.717, 1.165) is 41.5 Å². The van der Waals surface area contributed by atoms with Crippen LogP contribution in [0, 0.1) is 6.92 Å². The highest BCUT2D eigenvalue weighted by Gasteiger charge is 2.25. The van der Waals surface area contributed by atoms with Gasteiger partial charge in [-0.25, -0.2) is 4.98 Å². The number of amides is 1. The van der Waals surface area contributed by atoms with E-state index in [-0.39, 0.29) is 18.1 Å². The summed E-state index contributed by atoms with van der Waals surface area (Å²) in [5.41, 5.74) is 1.73. The summed E-state index contributed by atoms with van der Waals surface area (Å²) in [5.74, 6) is 0.725. The van der Waals surface area contributed by atoms with Crippen LogP contribution in [0.2, 0.25) is 0 Å². The average molecular weight is 346 g/mol. The molecule has 1 fully saturated rings. The highest BCUT2D eigenvalue weighted by molar-refractivity contribution is 7.17. The Morgan fingerprint density at radius 2 is 2.17 bits per heavy atom. The molecule has 0 bridgehead atoms. The normalized spacial score (nSPS) is 18.4. The molecular formula is C18H22N2O3S. The lowest BCUT2D eigenvalue weighted by atomic mass is 10.1. The molecule has 0 spiro atoms. The summed E-state index contributed by atoms with van der Waals surface area (Å²) >= 11 is 1.41. The molecule has 0 radical (unpaired) electrons. The fraction of sp³-hybridized carbons (Fsp3) is 0.444. The van der Waals surface area contributed by atoms with E-state index in [1.165, 1.54) is 11.3 Å². The first-order chi connectivity index (χ1) is 11.6. The Balaban J connectivity index is 1.73. The summed E-state index contributed by atoms with van der Waals surface area (Å²) in [6.45, 7) is 4.65. The zero-order valence-corrected chi connectivity index (χ0v) is 15.0. The van der Waals surface area contributed by atoms with Crippen LogP contribution in [0.1, 0.15) is 35.1 Å². The van der Waals surface area contributed by atoms with Gasteiger partial charge in [-0.2, -0.15) is 0 Å². The van der Waals surface area contributed by atoms with Gasteiger partial charge in [0.2, 0.25) is 0 Å². The van der Waals surface area contributed by atoms with Crippen molar-refractivity contribution < 1.29 is 14.3 Å². The summed E-state index contributed by atoms with van der Waals surface area (Å²) in [6.07, 6.45) is 2.18. The van der Waals surface area contributed by atoms with Crippen LogP contribution in [-0.2, 0) is 4.74 Å². The Morgan fingerprint density at radius 3 is 2.79 bits per heavy atom. The summed E-state index contributed by atoms with van der Waals surface area (Å²) in [7, 11) is 1.64. The molecule has 128 valence electrons. The second-order valence-corrected chi connectivity index (χ2v) is 6.97. The molecular weight excluding hydrogens is 324 g/mol. The minimum atomic E-state index is -0.0761.